The lowest BCUT2D eigenvalue weighted by Crippen LogP contribution is -2.25. The first-order valence-corrected chi connectivity index (χ1v) is 6.89. The van der Waals surface area contributed by atoms with Gasteiger partial charge >= 0.3 is 0 Å². The fraction of sp³-hybridized carbons (Fsp3) is 0.600. The predicted octanol–water partition coefficient (Wildman–Crippen LogP) is 2.91. The number of fused-ring (bicyclic) bond motifs is 1. The molecular weight excluding hydrogens is 245 g/mol. The molecular formula is C15H20FNO2. The Morgan fingerprint density at radius 2 is 2.05 bits per heavy atom. The summed E-state index contributed by atoms with van der Waals surface area (Å²) in [5.41, 5.74) is 0.371. The fourth-order valence-corrected chi connectivity index (χ4v) is 2.90. The molecule has 0 aliphatic carbocycles. The summed E-state index contributed by atoms with van der Waals surface area (Å²) in [4.78, 5) is 0. The quantitative estimate of drug-likeness (QED) is 0.911. The van der Waals surface area contributed by atoms with Gasteiger partial charge in [-0.1, -0.05) is 0 Å². The van der Waals surface area contributed by atoms with Crippen molar-refractivity contribution in [2.45, 2.75) is 44.8 Å². The van der Waals surface area contributed by atoms with Crippen LogP contribution in [0.25, 0.3) is 0 Å². The third-order valence-corrected chi connectivity index (χ3v) is 3.87. The van der Waals surface area contributed by atoms with Crippen molar-refractivity contribution in [2.24, 2.45) is 0 Å². The number of nitrogens with one attached hydrogen (secondary N) is 1. The highest BCUT2D eigenvalue weighted by Crippen LogP contribution is 2.40. The zero-order chi connectivity index (χ0) is 13.5. The van der Waals surface area contributed by atoms with Gasteiger partial charge in [-0.05, 0) is 62.9 Å². The normalized spacial score (nSPS) is 21.9. The van der Waals surface area contributed by atoms with Gasteiger partial charge in [-0.2, -0.15) is 0 Å². The van der Waals surface area contributed by atoms with E-state index in [-0.39, 0.29) is 6.79 Å². The summed E-state index contributed by atoms with van der Waals surface area (Å²) in [5.74, 6) is 1.39. The summed E-state index contributed by atoms with van der Waals surface area (Å²) in [6.07, 6.45) is 3.20. The van der Waals surface area contributed by atoms with E-state index in [2.05, 4.69) is 5.32 Å². The van der Waals surface area contributed by atoms with E-state index in [9.17, 15) is 4.39 Å². The Bertz CT molecular complexity index is 476. The van der Waals surface area contributed by atoms with Gasteiger partial charge in [-0.15, -0.1) is 0 Å². The molecule has 1 fully saturated rings. The van der Waals surface area contributed by atoms with E-state index in [4.69, 9.17) is 9.47 Å². The highest BCUT2D eigenvalue weighted by atomic mass is 19.1. The van der Waals surface area contributed by atoms with Gasteiger partial charge in [-0.25, -0.2) is 4.39 Å². The second kappa shape index (κ2) is 4.67. The van der Waals surface area contributed by atoms with Crippen molar-refractivity contribution in [3.8, 4) is 11.5 Å². The smallest absolute Gasteiger partial charge is 0.231 e. The third kappa shape index (κ3) is 2.54. The Morgan fingerprint density at radius 1 is 1.32 bits per heavy atom. The zero-order valence-corrected chi connectivity index (χ0v) is 11.5. The number of rotatable bonds is 3. The van der Waals surface area contributed by atoms with E-state index in [0.717, 1.165) is 30.7 Å². The van der Waals surface area contributed by atoms with Crippen molar-refractivity contribution in [1.82, 2.24) is 5.32 Å². The van der Waals surface area contributed by atoms with Crippen LogP contribution in [0.3, 0.4) is 0 Å². The van der Waals surface area contributed by atoms with Crippen LogP contribution in [-0.4, -0.2) is 19.4 Å². The van der Waals surface area contributed by atoms with Gasteiger partial charge in [0.1, 0.15) is 5.67 Å². The molecule has 2 aliphatic rings. The van der Waals surface area contributed by atoms with Crippen LogP contribution < -0.4 is 14.8 Å². The standard InChI is InChI=1S/C15H20FNO2/c1-15(2,16)12-8-14-13(18-9-19-14)7-10(12)6-11-4-3-5-17-11/h7-8,11,17H,3-6,9H2,1-2H3. The molecule has 3 rings (SSSR count). The molecule has 0 bridgehead atoms. The van der Waals surface area contributed by atoms with Gasteiger partial charge in [0.05, 0.1) is 0 Å². The number of hydrogen-bond donors (Lipinski definition) is 1. The Hall–Kier alpha value is -1.29. The molecule has 1 unspecified atom stereocenters. The Kier molecular flexibility index (Phi) is 3.13. The molecule has 3 nitrogen and oxygen atoms in total. The monoisotopic (exact) mass is 265 g/mol. The topological polar surface area (TPSA) is 30.5 Å². The van der Waals surface area contributed by atoms with Crippen molar-refractivity contribution in [2.75, 3.05) is 13.3 Å². The summed E-state index contributed by atoms with van der Waals surface area (Å²) in [6, 6.07) is 4.19. The van der Waals surface area contributed by atoms with Crippen LogP contribution in [0.2, 0.25) is 0 Å². The first-order valence-electron chi connectivity index (χ1n) is 6.89. The summed E-state index contributed by atoms with van der Waals surface area (Å²) >= 11 is 0. The number of alkyl halides is 1. The molecule has 1 N–H and O–H groups in total. The maximum atomic E-state index is 14.4. The number of benzene rings is 1. The van der Waals surface area contributed by atoms with Crippen LogP contribution in [-0.2, 0) is 12.1 Å². The summed E-state index contributed by atoms with van der Waals surface area (Å²) in [7, 11) is 0. The molecule has 0 radical (unpaired) electrons. The van der Waals surface area contributed by atoms with Crippen molar-refractivity contribution in [1.29, 1.82) is 0 Å². The van der Waals surface area contributed by atoms with Crippen LogP contribution in [0.5, 0.6) is 11.5 Å². The SMILES string of the molecule is CC(C)(F)c1cc2c(cc1CC1CCCN1)OCO2. The molecule has 104 valence electrons. The highest BCUT2D eigenvalue weighted by molar-refractivity contribution is 5.50. The van der Waals surface area contributed by atoms with E-state index in [1.807, 2.05) is 6.07 Å². The Balaban J connectivity index is 1.95. The molecule has 2 heterocycles. The van der Waals surface area contributed by atoms with E-state index < -0.39 is 5.67 Å². The maximum absolute atomic E-state index is 14.4. The van der Waals surface area contributed by atoms with Gasteiger partial charge in [0, 0.05) is 6.04 Å². The molecule has 1 aromatic rings. The van der Waals surface area contributed by atoms with E-state index in [1.54, 1.807) is 19.9 Å². The summed E-state index contributed by atoms with van der Waals surface area (Å²) in [5, 5.41) is 3.46. The second-order valence-electron chi connectivity index (χ2n) is 5.83. The number of hydrogen-bond acceptors (Lipinski definition) is 3. The van der Waals surface area contributed by atoms with E-state index in [1.165, 1.54) is 6.42 Å². The maximum Gasteiger partial charge on any atom is 0.231 e. The lowest BCUT2D eigenvalue weighted by Gasteiger charge is -2.21. The molecule has 1 atom stereocenters. The second-order valence-corrected chi connectivity index (χ2v) is 5.83. The number of halogens is 1. The average molecular weight is 265 g/mol. The Labute approximate surface area is 113 Å². The van der Waals surface area contributed by atoms with Crippen LogP contribution in [0.4, 0.5) is 4.39 Å². The van der Waals surface area contributed by atoms with Crippen LogP contribution in [0.1, 0.15) is 37.8 Å². The molecule has 0 spiro atoms. The fourth-order valence-electron chi connectivity index (χ4n) is 2.90. The molecule has 19 heavy (non-hydrogen) atoms. The first kappa shape index (κ1) is 12.7. The minimum absolute atomic E-state index is 0.229. The van der Waals surface area contributed by atoms with Crippen molar-refractivity contribution >= 4 is 0 Å². The van der Waals surface area contributed by atoms with Crippen molar-refractivity contribution in [3.63, 3.8) is 0 Å². The third-order valence-electron chi connectivity index (χ3n) is 3.87. The molecule has 2 aliphatic heterocycles. The molecule has 4 heteroatoms. The van der Waals surface area contributed by atoms with Gasteiger partial charge < -0.3 is 14.8 Å². The van der Waals surface area contributed by atoms with Crippen LogP contribution in [0.15, 0.2) is 12.1 Å². The molecule has 0 saturated carbocycles. The number of ether oxygens (including phenoxy) is 2. The average Bonchev–Trinajstić information content (AvgIpc) is 2.96. The summed E-state index contributed by atoms with van der Waals surface area (Å²) < 4.78 is 25.2. The first-order chi connectivity index (χ1) is 9.04. The largest absolute Gasteiger partial charge is 0.454 e. The van der Waals surface area contributed by atoms with Crippen LogP contribution >= 0.6 is 0 Å². The Morgan fingerprint density at radius 3 is 2.68 bits per heavy atom. The van der Waals surface area contributed by atoms with Gasteiger partial charge in [0.2, 0.25) is 6.79 Å². The minimum atomic E-state index is -1.37. The molecule has 0 amide bonds. The zero-order valence-electron chi connectivity index (χ0n) is 11.5. The minimum Gasteiger partial charge on any atom is -0.454 e. The molecule has 1 saturated heterocycles. The lowest BCUT2D eigenvalue weighted by atomic mass is 9.90. The van der Waals surface area contributed by atoms with Gasteiger partial charge in [0.25, 0.3) is 0 Å². The van der Waals surface area contributed by atoms with Crippen molar-refractivity contribution < 1.29 is 13.9 Å². The lowest BCUT2D eigenvalue weighted by molar-refractivity contribution is 0.173. The van der Waals surface area contributed by atoms with E-state index >= 15 is 0 Å². The van der Waals surface area contributed by atoms with E-state index in [0.29, 0.717) is 17.4 Å². The van der Waals surface area contributed by atoms with Crippen molar-refractivity contribution in [3.05, 3.63) is 23.3 Å². The molecule has 0 aromatic heterocycles. The highest BCUT2D eigenvalue weighted by Gasteiger charge is 2.28. The van der Waals surface area contributed by atoms with Gasteiger partial charge in [0.15, 0.2) is 11.5 Å². The predicted molar refractivity (Wildman–Crippen MR) is 71.4 cm³/mol. The van der Waals surface area contributed by atoms with Crippen LogP contribution in [0, 0.1) is 0 Å². The summed E-state index contributed by atoms with van der Waals surface area (Å²) in [6.45, 7) is 4.47. The van der Waals surface area contributed by atoms with Gasteiger partial charge in [-0.3, -0.25) is 0 Å². The molecule has 1 aromatic carbocycles.